The maximum Gasteiger partial charge on any atom is 0.264 e. The zero-order chi connectivity index (χ0) is 28.6. The van der Waals surface area contributed by atoms with Crippen LogP contribution in [0.15, 0.2) is 89.8 Å². The zero-order valence-electron chi connectivity index (χ0n) is 23.1. The van der Waals surface area contributed by atoms with Crippen LogP contribution in [0, 0.1) is 0 Å². The van der Waals surface area contributed by atoms with Gasteiger partial charge in [-0.05, 0) is 57.0 Å². The zero-order valence-corrected chi connectivity index (χ0v) is 23.9. The first-order chi connectivity index (χ1) is 18.5. The summed E-state index contributed by atoms with van der Waals surface area (Å²) >= 11 is 0. The fourth-order valence-electron chi connectivity index (χ4n) is 4.17. The maximum atomic E-state index is 14.0. The summed E-state index contributed by atoms with van der Waals surface area (Å²) in [7, 11) is -2.64. The predicted octanol–water partition coefficient (Wildman–Crippen LogP) is 4.61. The second-order valence-corrected chi connectivity index (χ2v) is 12.1. The standard InChI is InChI=1S/C30H37N3O5S/c1-6-27(29(35)31-30(2,3)4)32(21-23-14-9-7-10-15-23)28(34)22-33(24-16-13-17-25(20-24)38-5)39(36,37)26-18-11-8-12-19-26/h7-20,27H,6,21-22H2,1-5H3,(H,31,35). The molecule has 1 unspecified atom stereocenters. The number of nitrogens with one attached hydrogen (secondary N) is 1. The molecule has 3 aromatic rings. The molecule has 8 nitrogen and oxygen atoms in total. The second-order valence-electron chi connectivity index (χ2n) is 10.2. The molecule has 0 heterocycles. The quantitative estimate of drug-likeness (QED) is 0.375. The topological polar surface area (TPSA) is 96.0 Å². The van der Waals surface area contributed by atoms with Crippen molar-refractivity contribution >= 4 is 27.5 Å². The van der Waals surface area contributed by atoms with Crippen LogP contribution in [0.25, 0.3) is 0 Å². The Morgan fingerprint density at radius 3 is 2.10 bits per heavy atom. The van der Waals surface area contributed by atoms with E-state index in [1.807, 2.05) is 58.0 Å². The van der Waals surface area contributed by atoms with Crippen LogP contribution in [0.3, 0.4) is 0 Å². The van der Waals surface area contributed by atoms with Crippen molar-refractivity contribution in [1.29, 1.82) is 0 Å². The van der Waals surface area contributed by atoms with Crippen molar-refractivity contribution in [1.82, 2.24) is 10.2 Å². The normalized spacial score (nSPS) is 12.3. The summed E-state index contributed by atoms with van der Waals surface area (Å²) < 4.78 is 34.1. The smallest absolute Gasteiger partial charge is 0.264 e. The number of sulfonamides is 1. The van der Waals surface area contributed by atoms with Gasteiger partial charge in [0.1, 0.15) is 18.3 Å². The van der Waals surface area contributed by atoms with Crippen LogP contribution in [0.4, 0.5) is 5.69 Å². The third kappa shape index (κ3) is 7.83. The molecular formula is C30H37N3O5S. The van der Waals surface area contributed by atoms with Gasteiger partial charge in [-0.15, -0.1) is 0 Å². The number of rotatable bonds is 11. The van der Waals surface area contributed by atoms with Crippen molar-refractivity contribution in [3.8, 4) is 5.75 Å². The van der Waals surface area contributed by atoms with E-state index in [0.717, 1.165) is 9.87 Å². The molecule has 0 spiro atoms. The summed E-state index contributed by atoms with van der Waals surface area (Å²) in [6.45, 7) is 7.09. The summed E-state index contributed by atoms with van der Waals surface area (Å²) in [6, 6.07) is 23.0. The lowest BCUT2D eigenvalue weighted by Crippen LogP contribution is -2.55. The Bertz CT molecular complexity index is 1360. The SMILES string of the molecule is CCC(C(=O)NC(C)(C)C)N(Cc1ccccc1)C(=O)CN(c1cccc(OC)c1)S(=O)(=O)c1ccccc1. The van der Waals surface area contributed by atoms with Gasteiger partial charge in [-0.3, -0.25) is 13.9 Å². The van der Waals surface area contributed by atoms with Crippen LogP contribution in [0.2, 0.25) is 0 Å². The van der Waals surface area contributed by atoms with E-state index in [1.54, 1.807) is 42.5 Å². The summed E-state index contributed by atoms with van der Waals surface area (Å²) in [4.78, 5) is 28.9. The lowest BCUT2D eigenvalue weighted by Gasteiger charge is -2.34. The molecule has 0 saturated heterocycles. The van der Waals surface area contributed by atoms with Crippen LogP contribution in [-0.4, -0.2) is 50.4 Å². The summed E-state index contributed by atoms with van der Waals surface area (Å²) in [6.07, 6.45) is 0.352. The third-order valence-electron chi connectivity index (χ3n) is 6.03. The molecule has 0 radical (unpaired) electrons. The molecular weight excluding hydrogens is 514 g/mol. The molecule has 0 bridgehead atoms. The minimum absolute atomic E-state index is 0.0488. The number of nitrogens with zero attached hydrogens (tertiary/aromatic N) is 2. The number of methoxy groups -OCH3 is 1. The number of amides is 2. The van der Waals surface area contributed by atoms with Gasteiger partial charge in [0.05, 0.1) is 17.7 Å². The fraction of sp³-hybridized carbons (Fsp3) is 0.333. The Kier molecular flexibility index (Phi) is 9.75. The lowest BCUT2D eigenvalue weighted by atomic mass is 10.1. The highest BCUT2D eigenvalue weighted by Crippen LogP contribution is 2.27. The Morgan fingerprint density at radius 2 is 1.54 bits per heavy atom. The fourth-order valence-corrected chi connectivity index (χ4v) is 5.59. The molecule has 208 valence electrons. The highest BCUT2D eigenvalue weighted by Gasteiger charge is 2.34. The number of benzene rings is 3. The van der Waals surface area contributed by atoms with Crippen LogP contribution < -0.4 is 14.4 Å². The predicted molar refractivity (Wildman–Crippen MR) is 153 cm³/mol. The molecule has 0 aliphatic heterocycles. The van der Waals surface area contributed by atoms with E-state index in [2.05, 4.69) is 5.32 Å². The van der Waals surface area contributed by atoms with Crippen molar-refractivity contribution < 1.29 is 22.7 Å². The first-order valence-corrected chi connectivity index (χ1v) is 14.3. The highest BCUT2D eigenvalue weighted by atomic mass is 32.2. The molecule has 0 saturated carbocycles. The van der Waals surface area contributed by atoms with E-state index >= 15 is 0 Å². The summed E-state index contributed by atoms with van der Waals surface area (Å²) in [5.41, 5.74) is 0.597. The minimum Gasteiger partial charge on any atom is -0.497 e. The van der Waals surface area contributed by atoms with Crippen molar-refractivity contribution in [3.63, 3.8) is 0 Å². The molecule has 0 aliphatic rings. The van der Waals surface area contributed by atoms with E-state index in [0.29, 0.717) is 12.2 Å². The van der Waals surface area contributed by atoms with Gasteiger partial charge in [0, 0.05) is 18.2 Å². The van der Waals surface area contributed by atoms with Crippen LogP contribution in [-0.2, 0) is 26.2 Å². The van der Waals surface area contributed by atoms with E-state index in [1.165, 1.54) is 24.1 Å². The van der Waals surface area contributed by atoms with Gasteiger partial charge >= 0.3 is 0 Å². The Labute approximate surface area is 231 Å². The summed E-state index contributed by atoms with van der Waals surface area (Å²) in [5.74, 6) is -0.351. The monoisotopic (exact) mass is 551 g/mol. The molecule has 0 aromatic heterocycles. The van der Waals surface area contributed by atoms with Gasteiger partial charge in [-0.2, -0.15) is 0 Å². The second kappa shape index (κ2) is 12.8. The number of carbonyl (C=O) groups excluding carboxylic acids is 2. The number of carbonyl (C=O) groups is 2. The first-order valence-electron chi connectivity index (χ1n) is 12.8. The lowest BCUT2D eigenvalue weighted by molar-refractivity contribution is -0.141. The highest BCUT2D eigenvalue weighted by molar-refractivity contribution is 7.92. The average Bonchev–Trinajstić information content (AvgIpc) is 2.91. The van der Waals surface area contributed by atoms with Gasteiger partial charge in [0.15, 0.2) is 0 Å². The number of hydrogen-bond acceptors (Lipinski definition) is 5. The average molecular weight is 552 g/mol. The number of anilines is 1. The van der Waals surface area contributed by atoms with E-state index in [4.69, 9.17) is 4.74 Å². The summed E-state index contributed by atoms with van der Waals surface area (Å²) in [5, 5.41) is 2.97. The molecule has 0 aliphatic carbocycles. The molecule has 39 heavy (non-hydrogen) atoms. The Morgan fingerprint density at radius 1 is 0.923 bits per heavy atom. The maximum absolute atomic E-state index is 14.0. The Balaban J connectivity index is 2.06. The van der Waals surface area contributed by atoms with Gasteiger partial charge in [0.2, 0.25) is 11.8 Å². The Hall–Kier alpha value is -3.85. The first kappa shape index (κ1) is 29.7. The van der Waals surface area contributed by atoms with Crippen LogP contribution in [0.1, 0.15) is 39.7 Å². The molecule has 3 rings (SSSR count). The van der Waals surface area contributed by atoms with Gasteiger partial charge in [-0.25, -0.2) is 8.42 Å². The number of ether oxygens (including phenoxy) is 1. The minimum atomic E-state index is -4.13. The van der Waals surface area contributed by atoms with Crippen LogP contribution >= 0.6 is 0 Å². The van der Waals surface area contributed by atoms with E-state index < -0.39 is 34.1 Å². The van der Waals surface area contributed by atoms with Crippen molar-refractivity contribution in [2.75, 3.05) is 18.0 Å². The number of hydrogen-bond donors (Lipinski definition) is 1. The van der Waals surface area contributed by atoms with E-state index in [9.17, 15) is 18.0 Å². The molecule has 2 amide bonds. The van der Waals surface area contributed by atoms with Crippen molar-refractivity contribution in [2.24, 2.45) is 0 Å². The molecule has 3 aromatic carbocycles. The molecule has 0 fully saturated rings. The van der Waals surface area contributed by atoms with Gasteiger partial charge in [0.25, 0.3) is 10.0 Å². The third-order valence-corrected chi connectivity index (χ3v) is 7.82. The van der Waals surface area contributed by atoms with Gasteiger partial charge in [-0.1, -0.05) is 61.5 Å². The van der Waals surface area contributed by atoms with E-state index in [-0.39, 0.29) is 23.0 Å². The molecule has 9 heteroatoms. The van der Waals surface area contributed by atoms with Crippen molar-refractivity contribution in [2.45, 2.75) is 57.1 Å². The van der Waals surface area contributed by atoms with Gasteiger partial charge < -0.3 is 15.0 Å². The van der Waals surface area contributed by atoms with Crippen LogP contribution in [0.5, 0.6) is 5.75 Å². The van der Waals surface area contributed by atoms with Crippen molar-refractivity contribution in [3.05, 3.63) is 90.5 Å². The molecule has 1 N–H and O–H groups in total. The molecule has 1 atom stereocenters. The largest absolute Gasteiger partial charge is 0.497 e.